The fourth-order valence-corrected chi connectivity index (χ4v) is 6.59. The third kappa shape index (κ3) is 2.68. The van der Waals surface area contributed by atoms with E-state index in [4.69, 9.17) is 5.73 Å². The summed E-state index contributed by atoms with van der Waals surface area (Å²) in [6.45, 7) is 0. The highest BCUT2D eigenvalue weighted by atomic mass is 127. The number of nitrogens with two attached hydrogens (primary N) is 1. The summed E-state index contributed by atoms with van der Waals surface area (Å²) >= 11 is 3.99. The maximum absolute atomic E-state index is 13.3. The van der Waals surface area contributed by atoms with E-state index in [9.17, 15) is 34.8 Å². The molecular formula is C19H15I2NO7. The van der Waals surface area contributed by atoms with Gasteiger partial charge >= 0.3 is 0 Å². The topological polar surface area (TPSA) is 158 Å². The van der Waals surface area contributed by atoms with Crippen LogP contribution in [0, 0.1) is 19.0 Å². The average Bonchev–Trinajstić information content (AvgIpc) is 2.62. The van der Waals surface area contributed by atoms with E-state index in [1.165, 1.54) is 0 Å². The van der Waals surface area contributed by atoms with Gasteiger partial charge in [0.05, 0.1) is 9.13 Å². The van der Waals surface area contributed by atoms with Gasteiger partial charge in [0.1, 0.15) is 22.8 Å². The first-order valence-electron chi connectivity index (χ1n) is 8.67. The summed E-state index contributed by atoms with van der Waals surface area (Å²) in [6.07, 6.45) is 0.125. The molecule has 3 aliphatic carbocycles. The molecule has 1 fully saturated rings. The van der Waals surface area contributed by atoms with Gasteiger partial charge in [-0.1, -0.05) is 0 Å². The number of phenols is 1. The predicted molar refractivity (Wildman–Crippen MR) is 117 cm³/mol. The monoisotopic (exact) mass is 623 g/mol. The lowest BCUT2D eigenvalue weighted by Gasteiger charge is -2.46. The van der Waals surface area contributed by atoms with Crippen molar-refractivity contribution < 1.29 is 34.8 Å². The Bertz CT molecular complexity index is 1090. The number of Topliss-reactive ketones (excluding diaryl/α,β-unsaturated/α-hetero) is 2. The van der Waals surface area contributed by atoms with Crippen LogP contribution in [-0.2, 0) is 20.8 Å². The largest absolute Gasteiger partial charge is 0.508 e. The maximum atomic E-state index is 13.3. The number of aliphatic hydroxyl groups is 3. The summed E-state index contributed by atoms with van der Waals surface area (Å²) < 4.78 is 1.29. The van der Waals surface area contributed by atoms with Gasteiger partial charge in [-0.2, -0.15) is 0 Å². The van der Waals surface area contributed by atoms with E-state index < -0.39 is 52.0 Å². The van der Waals surface area contributed by atoms with Crippen LogP contribution in [-0.4, -0.2) is 43.5 Å². The standard InChI is InChI=1S/C19H15I2NO7/c20-8-4-9(21)14(24)12-7(8)2-5-1-6-3-10(23)13(18(22)28)17(27)19(6,29)16(26)11(5)15(12)25/h4-6,24-25,27,29H,1-3H2,(H2,22,28). The number of hydrogen-bond acceptors (Lipinski definition) is 7. The number of benzene rings is 1. The molecule has 0 aromatic heterocycles. The average molecular weight is 623 g/mol. The molecule has 3 atom stereocenters. The van der Waals surface area contributed by atoms with Gasteiger partial charge in [0.15, 0.2) is 11.4 Å². The number of hydrogen-bond donors (Lipinski definition) is 5. The van der Waals surface area contributed by atoms with Crippen LogP contribution in [0.5, 0.6) is 5.75 Å². The molecule has 152 valence electrons. The van der Waals surface area contributed by atoms with E-state index >= 15 is 0 Å². The molecule has 10 heteroatoms. The van der Waals surface area contributed by atoms with Crippen molar-refractivity contribution in [2.45, 2.75) is 24.9 Å². The second-order valence-corrected chi connectivity index (χ2v) is 9.77. The predicted octanol–water partition coefficient (Wildman–Crippen LogP) is 1.63. The molecule has 6 N–H and O–H groups in total. The van der Waals surface area contributed by atoms with E-state index in [-0.39, 0.29) is 29.7 Å². The lowest BCUT2D eigenvalue weighted by molar-refractivity contribution is -0.147. The van der Waals surface area contributed by atoms with Crippen LogP contribution in [0.4, 0.5) is 0 Å². The number of aliphatic hydroxyl groups excluding tert-OH is 2. The molecule has 4 rings (SSSR count). The van der Waals surface area contributed by atoms with Crippen molar-refractivity contribution >= 4 is 68.4 Å². The first-order chi connectivity index (χ1) is 13.5. The molecule has 0 bridgehead atoms. The Morgan fingerprint density at radius 3 is 2.41 bits per heavy atom. The number of phenolic OH excluding ortho intramolecular Hbond substituents is 1. The summed E-state index contributed by atoms with van der Waals surface area (Å²) in [6, 6.07) is 1.76. The first kappa shape index (κ1) is 20.6. The van der Waals surface area contributed by atoms with Gasteiger partial charge < -0.3 is 26.2 Å². The van der Waals surface area contributed by atoms with Crippen molar-refractivity contribution in [3.8, 4) is 5.75 Å². The summed E-state index contributed by atoms with van der Waals surface area (Å²) in [4.78, 5) is 37.2. The number of rotatable bonds is 1. The minimum Gasteiger partial charge on any atom is -0.508 e. The van der Waals surface area contributed by atoms with Crippen LogP contribution in [0.15, 0.2) is 23.0 Å². The molecule has 3 aliphatic rings. The smallest absolute Gasteiger partial charge is 0.255 e. The SMILES string of the molecule is NC(=O)C1=C(O)C2(O)C(=O)C3=C(O)c4c(O)c(I)cc(I)c4CC3CC2CC1=O. The van der Waals surface area contributed by atoms with E-state index in [1.807, 2.05) is 22.6 Å². The first-order valence-corrected chi connectivity index (χ1v) is 10.8. The van der Waals surface area contributed by atoms with E-state index in [0.29, 0.717) is 15.6 Å². The molecule has 0 saturated heterocycles. The van der Waals surface area contributed by atoms with Crippen molar-refractivity contribution in [1.29, 1.82) is 0 Å². The lowest BCUT2D eigenvalue weighted by atomic mass is 9.59. The summed E-state index contributed by atoms with van der Waals surface area (Å²) in [7, 11) is 0. The number of carbonyl (C=O) groups excluding carboxylic acids is 3. The van der Waals surface area contributed by atoms with Gasteiger partial charge in [0.25, 0.3) is 5.91 Å². The highest BCUT2D eigenvalue weighted by molar-refractivity contribution is 14.1. The zero-order valence-corrected chi connectivity index (χ0v) is 19.0. The second-order valence-electron chi connectivity index (χ2n) is 7.45. The van der Waals surface area contributed by atoms with Crippen LogP contribution in [0.2, 0.25) is 0 Å². The van der Waals surface area contributed by atoms with Crippen molar-refractivity contribution in [3.05, 3.63) is 41.2 Å². The van der Waals surface area contributed by atoms with E-state index in [0.717, 1.165) is 3.57 Å². The van der Waals surface area contributed by atoms with Crippen LogP contribution in [0.3, 0.4) is 0 Å². The van der Waals surface area contributed by atoms with Gasteiger partial charge in [0, 0.05) is 21.5 Å². The molecule has 1 saturated carbocycles. The highest BCUT2D eigenvalue weighted by Crippen LogP contribution is 2.52. The van der Waals surface area contributed by atoms with E-state index in [1.54, 1.807) is 6.07 Å². The van der Waals surface area contributed by atoms with Crippen LogP contribution >= 0.6 is 45.2 Å². The second kappa shape index (κ2) is 6.67. The van der Waals surface area contributed by atoms with Gasteiger partial charge in [-0.05, 0) is 75.6 Å². The Morgan fingerprint density at radius 2 is 1.79 bits per heavy atom. The molecule has 0 radical (unpaired) electrons. The molecule has 0 heterocycles. The van der Waals surface area contributed by atoms with Crippen LogP contribution in [0.1, 0.15) is 24.0 Å². The Balaban J connectivity index is 1.96. The van der Waals surface area contributed by atoms with Gasteiger partial charge in [-0.15, -0.1) is 0 Å². The molecule has 1 aromatic rings. The zero-order valence-electron chi connectivity index (χ0n) is 14.7. The highest BCUT2D eigenvalue weighted by Gasteiger charge is 2.60. The fourth-order valence-electron chi connectivity index (χ4n) is 4.61. The van der Waals surface area contributed by atoms with Gasteiger partial charge in [0.2, 0.25) is 5.78 Å². The molecule has 1 aromatic carbocycles. The molecule has 0 spiro atoms. The quantitative estimate of drug-likeness (QED) is 0.235. The molecule has 8 nitrogen and oxygen atoms in total. The molecule has 1 amide bonds. The number of aromatic hydroxyl groups is 1. The number of fused-ring (bicyclic) bond motifs is 3. The number of primary amides is 1. The summed E-state index contributed by atoms with van der Waals surface area (Å²) in [5.74, 6) is -6.13. The third-order valence-electron chi connectivity index (χ3n) is 5.96. The van der Waals surface area contributed by atoms with Crippen LogP contribution in [0.25, 0.3) is 5.76 Å². The van der Waals surface area contributed by atoms with Gasteiger partial charge in [-0.25, -0.2) is 0 Å². The van der Waals surface area contributed by atoms with Crippen molar-refractivity contribution in [2.75, 3.05) is 0 Å². The normalized spacial score (nSPS) is 28.8. The van der Waals surface area contributed by atoms with Crippen LogP contribution < -0.4 is 5.73 Å². The number of carbonyl (C=O) groups is 3. The minimum absolute atomic E-state index is 0.119. The Kier molecular flexibility index (Phi) is 4.74. The molecule has 3 unspecified atom stereocenters. The van der Waals surface area contributed by atoms with Gasteiger partial charge in [-0.3, -0.25) is 14.4 Å². The minimum atomic E-state index is -2.53. The third-order valence-corrected chi connectivity index (χ3v) is 7.75. The van der Waals surface area contributed by atoms with Crippen molar-refractivity contribution in [1.82, 2.24) is 0 Å². The fraction of sp³-hybridized carbons (Fsp3) is 0.316. The Labute approximate surface area is 191 Å². The summed E-state index contributed by atoms with van der Waals surface area (Å²) in [5, 5.41) is 43.0. The molecular weight excluding hydrogens is 608 g/mol. The summed E-state index contributed by atoms with van der Waals surface area (Å²) in [5.41, 5.74) is 2.50. The van der Waals surface area contributed by atoms with Crippen molar-refractivity contribution in [2.24, 2.45) is 17.6 Å². The molecule has 29 heavy (non-hydrogen) atoms. The number of amides is 1. The zero-order chi connectivity index (χ0) is 21.4. The number of halogens is 2. The molecule has 0 aliphatic heterocycles. The lowest BCUT2D eigenvalue weighted by Crippen LogP contribution is -2.58. The van der Waals surface area contributed by atoms with Crippen molar-refractivity contribution in [3.63, 3.8) is 0 Å². The maximum Gasteiger partial charge on any atom is 0.255 e. The Hall–Kier alpha value is -1.67. The number of ketones is 2. The van der Waals surface area contributed by atoms with E-state index in [2.05, 4.69) is 22.6 Å². The Morgan fingerprint density at radius 1 is 1.14 bits per heavy atom.